The SMILES string of the molecule is [C-]#[N+]C(=CC=CC=CC(=C=N)C(=O)NC1CCCCC1)C(=O)NC1CCCCC1. The van der Waals surface area contributed by atoms with Crippen molar-refractivity contribution in [1.82, 2.24) is 10.6 Å². The van der Waals surface area contributed by atoms with Gasteiger partial charge in [-0.05, 0) is 37.6 Å². The summed E-state index contributed by atoms with van der Waals surface area (Å²) in [6, 6.07) is 0.337. The monoisotopic (exact) mass is 394 g/mol. The largest absolute Gasteiger partial charge is 0.359 e. The van der Waals surface area contributed by atoms with Crippen molar-refractivity contribution in [3.8, 4) is 0 Å². The van der Waals surface area contributed by atoms with Gasteiger partial charge in [0.25, 0.3) is 5.91 Å². The van der Waals surface area contributed by atoms with Gasteiger partial charge in [-0.1, -0.05) is 62.8 Å². The van der Waals surface area contributed by atoms with Gasteiger partial charge in [0.1, 0.15) is 5.57 Å². The molecule has 6 nitrogen and oxygen atoms in total. The van der Waals surface area contributed by atoms with E-state index >= 15 is 0 Å². The van der Waals surface area contributed by atoms with Crippen molar-refractivity contribution < 1.29 is 9.59 Å². The Morgan fingerprint density at radius 1 is 0.862 bits per heavy atom. The first kappa shape index (κ1) is 22.4. The first-order chi connectivity index (χ1) is 14.1. The normalized spacial score (nSPS) is 18.9. The molecule has 0 atom stereocenters. The Bertz CT molecular complexity index is 754. The van der Waals surface area contributed by atoms with Crippen molar-refractivity contribution in [3.05, 3.63) is 53.1 Å². The summed E-state index contributed by atoms with van der Waals surface area (Å²) < 4.78 is 0. The Balaban J connectivity index is 1.85. The van der Waals surface area contributed by atoms with Crippen molar-refractivity contribution in [3.63, 3.8) is 0 Å². The highest BCUT2D eigenvalue weighted by molar-refractivity contribution is 6.03. The number of allylic oxidation sites excluding steroid dienone is 4. The molecule has 2 fully saturated rings. The van der Waals surface area contributed by atoms with Crippen LogP contribution in [-0.4, -0.2) is 29.8 Å². The molecule has 0 bridgehead atoms. The van der Waals surface area contributed by atoms with Crippen LogP contribution in [0.15, 0.2) is 41.7 Å². The van der Waals surface area contributed by atoms with Gasteiger partial charge in [-0.25, -0.2) is 4.85 Å². The second-order valence-electron chi connectivity index (χ2n) is 7.56. The van der Waals surface area contributed by atoms with E-state index in [0.29, 0.717) is 0 Å². The second kappa shape index (κ2) is 12.5. The maximum atomic E-state index is 12.2. The van der Waals surface area contributed by atoms with Gasteiger partial charge in [0, 0.05) is 12.1 Å². The van der Waals surface area contributed by atoms with Crippen molar-refractivity contribution in [2.75, 3.05) is 0 Å². The lowest BCUT2D eigenvalue weighted by Crippen LogP contribution is -2.36. The van der Waals surface area contributed by atoms with Crippen LogP contribution < -0.4 is 10.6 Å². The number of hydrogen-bond donors (Lipinski definition) is 3. The number of carbonyl (C=O) groups excluding carboxylic acids is 2. The van der Waals surface area contributed by atoms with Crippen LogP contribution in [0.4, 0.5) is 0 Å². The van der Waals surface area contributed by atoms with Crippen molar-refractivity contribution in [2.45, 2.75) is 76.3 Å². The molecule has 0 aromatic heterocycles. The van der Waals surface area contributed by atoms with Crippen LogP contribution in [0.3, 0.4) is 0 Å². The fourth-order valence-electron chi connectivity index (χ4n) is 3.72. The smallest absolute Gasteiger partial charge is 0.260 e. The first-order valence-corrected chi connectivity index (χ1v) is 10.5. The summed E-state index contributed by atoms with van der Waals surface area (Å²) in [6.45, 7) is 7.22. The molecule has 3 N–H and O–H groups in total. The van der Waals surface area contributed by atoms with Gasteiger partial charge < -0.3 is 10.6 Å². The molecular formula is C23H30N4O2. The quantitative estimate of drug-likeness (QED) is 0.264. The maximum absolute atomic E-state index is 12.2. The van der Waals surface area contributed by atoms with Crippen LogP contribution in [0.2, 0.25) is 0 Å². The Kier molecular flexibility index (Phi) is 9.68. The van der Waals surface area contributed by atoms with Gasteiger partial charge in [-0.3, -0.25) is 15.0 Å². The molecule has 0 spiro atoms. The zero-order valence-corrected chi connectivity index (χ0v) is 16.9. The number of carbonyl (C=O) groups is 2. The molecule has 2 amide bonds. The molecule has 29 heavy (non-hydrogen) atoms. The zero-order chi connectivity index (χ0) is 20.9. The lowest BCUT2D eigenvalue weighted by Gasteiger charge is -2.22. The van der Waals surface area contributed by atoms with Crippen LogP contribution in [-0.2, 0) is 9.59 Å². The van der Waals surface area contributed by atoms with Gasteiger partial charge in [0.2, 0.25) is 11.6 Å². The molecular weight excluding hydrogens is 364 g/mol. The Labute approximate surface area is 173 Å². The first-order valence-electron chi connectivity index (χ1n) is 10.5. The van der Waals surface area contributed by atoms with Gasteiger partial charge in [0.15, 0.2) is 0 Å². The molecule has 0 unspecified atom stereocenters. The minimum Gasteiger partial charge on any atom is -0.359 e. The molecule has 2 aliphatic carbocycles. The van der Waals surface area contributed by atoms with Gasteiger partial charge >= 0.3 is 0 Å². The molecule has 2 saturated carbocycles. The molecule has 154 valence electrons. The number of rotatable bonds is 7. The topological polar surface area (TPSA) is 86.4 Å². The second-order valence-corrected chi connectivity index (χ2v) is 7.56. The van der Waals surface area contributed by atoms with Crippen LogP contribution in [0.25, 0.3) is 4.85 Å². The molecule has 0 saturated heterocycles. The van der Waals surface area contributed by atoms with Crippen LogP contribution in [0.5, 0.6) is 0 Å². The van der Waals surface area contributed by atoms with Gasteiger partial charge in [-0.15, -0.1) is 0 Å². The summed E-state index contributed by atoms with van der Waals surface area (Å²) in [5, 5.41) is 13.2. The van der Waals surface area contributed by atoms with Gasteiger partial charge in [0.05, 0.1) is 6.57 Å². The van der Waals surface area contributed by atoms with E-state index in [-0.39, 0.29) is 35.2 Å². The van der Waals surface area contributed by atoms with Crippen molar-refractivity contribution in [1.29, 1.82) is 5.41 Å². The molecule has 2 rings (SSSR count). The molecule has 0 aliphatic heterocycles. The van der Waals surface area contributed by atoms with E-state index in [2.05, 4.69) is 21.3 Å². The van der Waals surface area contributed by atoms with Crippen LogP contribution in [0.1, 0.15) is 64.2 Å². The third-order valence-corrected chi connectivity index (χ3v) is 5.35. The van der Waals surface area contributed by atoms with Crippen molar-refractivity contribution >= 4 is 17.7 Å². The third kappa shape index (κ3) is 7.93. The third-order valence-electron chi connectivity index (χ3n) is 5.35. The summed E-state index contributed by atoms with van der Waals surface area (Å²) in [7, 11) is 0. The van der Waals surface area contributed by atoms with E-state index in [1.165, 1.54) is 25.0 Å². The highest BCUT2D eigenvalue weighted by atomic mass is 16.2. The summed E-state index contributed by atoms with van der Waals surface area (Å²) in [5.74, 6) is 1.54. The van der Waals surface area contributed by atoms with E-state index in [1.54, 1.807) is 18.2 Å². The standard InChI is InChI=1S/C23H30N4O2/c1-25-21(23(29)27-20-14-8-4-9-15-20)16-10-2-5-11-18(17-24)22(28)26-19-12-6-3-7-13-19/h2,5,10-11,16,19-20,24H,3-4,6-9,12-15H2,(H,26,28)(H,27,29). The zero-order valence-electron chi connectivity index (χ0n) is 16.9. The molecule has 0 aromatic rings. The number of nitrogens with zero attached hydrogens (tertiary/aromatic N) is 1. The average molecular weight is 395 g/mol. The fraction of sp³-hybridized carbons (Fsp3) is 0.522. The van der Waals surface area contributed by atoms with E-state index in [4.69, 9.17) is 12.0 Å². The van der Waals surface area contributed by atoms with E-state index < -0.39 is 0 Å². The summed E-state index contributed by atoms with van der Waals surface area (Å²) in [6.07, 6.45) is 18.6. The maximum Gasteiger partial charge on any atom is 0.260 e. The van der Waals surface area contributed by atoms with E-state index in [1.807, 2.05) is 0 Å². The minimum absolute atomic E-state index is 0.0399. The average Bonchev–Trinajstić information content (AvgIpc) is 2.74. The van der Waals surface area contributed by atoms with Gasteiger partial charge in [-0.2, -0.15) is 0 Å². The van der Waals surface area contributed by atoms with Crippen molar-refractivity contribution in [2.24, 2.45) is 0 Å². The van der Waals surface area contributed by atoms with Crippen LogP contribution >= 0.6 is 0 Å². The summed E-state index contributed by atoms with van der Waals surface area (Å²) in [4.78, 5) is 27.7. The Hall–Kier alpha value is -2.90. The highest BCUT2D eigenvalue weighted by Gasteiger charge is 2.18. The Morgan fingerprint density at radius 2 is 1.41 bits per heavy atom. The predicted octanol–water partition coefficient (Wildman–Crippen LogP) is 3.97. The lowest BCUT2D eigenvalue weighted by molar-refractivity contribution is -0.118. The van der Waals surface area contributed by atoms with E-state index in [9.17, 15) is 9.59 Å². The number of amides is 2. The number of nitrogens with one attached hydrogen (secondary N) is 3. The highest BCUT2D eigenvalue weighted by Crippen LogP contribution is 2.18. The summed E-state index contributed by atoms with van der Waals surface area (Å²) in [5.41, 5.74) is 0.197. The minimum atomic E-state index is -0.340. The predicted molar refractivity (Wildman–Crippen MR) is 114 cm³/mol. The summed E-state index contributed by atoms with van der Waals surface area (Å²) >= 11 is 0. The molecule has 0 radical (unpaired) electrons. The Morgan fingerprint density at radius 3 is 1.93 bits per heavy atom. The van der Waals surface area contributed by atoms with Crippen LogP contribution in [0, 0.1) is 12.0 Å². The number of hydrogen-bond acceptors (Lipinski definition) is 3. The molecule has 6 heteroatoms. The molecule has 0 heterocycles. The lowest BCUT2D eigenvalue weighted by atomic mass is 9.95. The van der Waals surface area contributed by atoms with E-state index in [0.717, 1.165) is 51.4 Å². The molecule has 0 aromatic carbocycles. The molecule has 2 aliphatic rings. The fourth-order valence-corrected chi connectivity index (χ4v) is 3.72.